The van der Waals surface area contributed by atoms with Gasteiger partial charge in [0.05, 0.1) is 12.2 Å². The van der Waals surface area contributed by atoms with Crippen molar-refractivity contribution in [1.82, 2.24) is 0 Å². The third-order valence-electron chi connectivity index (χ3n) is 4.12. The number of benzene rings is 2. The molecule has 0 unspecified atom stereocenters. The van der Waals surface area contributed by atoms with Gasteiger partial charge in [0.25, 0.3) is 0 Å². The molecule has 0 radical (unpaired) electrons. The lowest BCUT2D eigenvalue weighted by atomic mass is 10.1. The Morgan fingerprint density at radius 3 is 2.15 bits per heavy atom. The highest BCUT2D eigenvalue weighted by atomic mass is 16.5. The van der Waals surface area contributed by atoms with Gasteiger partial charge in [-0.3, -0.25) is 0 Å². The van der Waals surface area contributed by atoms with E-state index in [1.54, 1.807) is 24.3 Å². The standard InChI is InChI=1S/C22H28O4/c23-16-8-3-1-2-4-9-17-25-21-14-12-20(13-15-21)22(24)26-18-19-10-6-5-7-11-19/h5-7,10-15,23H,1-4,8-9,16-18H2. The molecule has 0 bridgehead atoms. The SMILES string of the molecule is O=C(OCc1ccccc1)c1ccc(OCCCCCCCCO)cc1. The van der Waals surface area contributed by atoms with E-state index in [0.29, 0.717) is 18.8 Å². The average Bonchev–Trinajstić information content (AvgIpc) is 2.69. The number of hydrogen-bond acceptors (Lipinski definition) is 4. The van der Waals surface area contributed by atoms with Crippen LogP contribution in [0, 0.1) is 0 Å². The highest BCUT2D eigenvalue weighted by molar-refractivity contribution is 5.89. The highest BCUT2D eigenvalue weighted by Gasteiger charge is 2.07. The van der Waals surface area contributed by atoms with E-state index in [2.05, 4.69) is 0 Å². The van der Waals surface area contributed by atoms with Gasteiger partial charge in [0, 0.05) is 6.61 Å². The third-order valence-corrected chi connectivity index (χ3v) is 4.12. The second-order valence-corrected chi connectivity index (χ2v) is 6.28. The molecule has 4 nitrogen and oxygen atoms in total. The first-order chi connectivity index (χ1) is 12.8. The van der Waals surface area contributed by atoms with E-state index >= 15 is 0 Å². The molecule has 0 fully saturated rings. The van der Waals surface area contributed by atoms with Crippen molar-refractivity contribution < 1.29 is 19.4 Å². The molecule has 140 valence electrons. The predicted octanol–water partition coefficient (Wildman–Crippen LogP) is 4.76. The quantitative estimate of drug-likeness (QED) is 0.440. The first-order valence-electron chi connectivity index (χ1n) is 9.34. The molecule has 2 aromatic rings. The molecule has 0 aliphatic heterocycles. The van der Waals surface area contributed by atoms with Crippen LogP contribution in [-0.2, 0) is 11.3 Å². The number of unbranched alkanes of at least 4 members (excludes halogenated alkanes) is 5. The number of aliphatic hydroxyl groups excluding tert-OH is 1. The van der Waals surface area contributed by atoms with Crippen molar-refractivity contribution in [3.63, 3.8) is 0 Å². The summed E-state index contributed by atoms with van der Waals surface area (Å²) in [5.74, 6) is 0.438. The minimum Gasteiger partial charge on any atom is -0.494 e. The van der Waals surface area contributed by atoms with E-state index in [9.17, 15) is 4.79 Å². The van der Waals surface area contributed by atoms with Gasteiger partial charge in [-0.15, -0.1) is 0 Å². The Morgan fingerprint density at radius 2 is 1.46 bits per heavy atom. The second kappa shape index (κ2) is 12.1. The van der Waals surface area contributed by atoms with Crippen LogP contribution in [0.25, 0.3) is 0 Å². The summed E-state index contributed by atoms with van der Waals surface area (Å²) in [7, 11) is 0. The molecule has 0 heterocycles. The van der Waals surface area contributed by atoms with Gasteiger partial charge in [-0.2, -0.15) is 0 Å². The van der Waals surface area contributed by atoms with Gasteiger partial charge in [-0.1, -0.05) is 56.0 Å². The zero-order valence-electron chi connectivity index (χ0n) is 15.2. The molecule has 0 aromatic heterocycles. The summed E-state index contributed by atoms with van der Waals surface area (Å²) in [6, 6.07) is 16.7. The number of esters is 1. The molecular formula is C22H28O4. The molecule has 2 aromatic carbocycles. The lowest BCUT2D eigenvalue weighted by Crippen LogP contribution is -2.05. The lowest BCUT2D eigenvalue weighted by Gasteiger charge is -2.08. The summed E-state index contributed by atoms with van der Waals surface area (Å²) >= 11 is 0. The lowest BCUT2D eigenvalue weighted by molar-refractivity contribution is 0.0472. The van der Waals surface area contributed by atoms with E-state index in [0.717, 1.165) is 37.0 Å². The van der Waals surface area contributed by atoms with Gasteiger partial charge >= 0.3 is 5.97 Å². The zero-order chi connectivity index (χ0) is 18.5. The van der Waals surface area contributed by atoms with Crippen molar-refractivity contribution in [3.05, 3.63) is 65.7 Å². The maximum Gasteiger partial charge on any atom is 0.338 e. The Labute approximate surface area is 155 Å². The Hall–Kier alpha value is -2.33. The summed E-state index contributed by atoms with van der Waals surface area (Å²) in [6.45, 7) is 1.24. The van der Waals surface area contributed by atoms with Gasteiger partial charge < -0.3 is 14.6 Å². The summed E-state index contributed by atoms with van der Waals surface area (Å²) in [4.78, 5) is 12.1. The van der Waals surface area contributed by atoms with Crippen LogP contribution in [0.15, 0.2) is 54.6 Å². The Balaban J connectivity index is 1.63. The van der Waals surface area contributed by atoms with Crippen molar-refractivity contribution in [1.29, 1.82) is 0 Å². The van der Waals surface area contributed by atoms with Crippen LogP contribution in [0.1, 0.15) is 54.4 Å². The summed E-state index contributed by atoms with van der Waals surface area (Å²) in [5.41, 5.74) is 1.49. The Kier molecular flexibility index (Phi) is 9.30. The van der Waals surface area contributed by atoms with Gasteiger partial charge in [0.1, 0.15) is 12.4 Å². The van der Waals surface area contributed by atoms with Crippen molar-refractivity contribution in [3.8, 4) is 5.75 Å². The minimum atomic E-state index is -0.330. The number of hydrogen-bond donors (Lipinski definition) is 1. The van der Waals surface area contributed by atoms with Gasteiger partial charge in [-0.05, 0) is 42.7 Å². The fraction of sp³-hybridized carbons (Fsp3) is 0.409. The van der Waals surface area contributed by atoms with Crippen LogP contribution in [0.4, 0.5) is 0 Å². The fourth-order valence-electron chi connectivity index (χ4n) is 2.60. The number of aliphatic hydroxyl groups is 1. The van der Waals surface area contributed by atoms with E-state index in [1.807, 2.05) is 30.3 Å². The van der Waals surface area contributed by atoms with E-state index in [-0.39, 0.29) is 12.6 Å². The largest absolute Gasteiger partial charge is 0.494 e. The number of ether oxygens (including phenoxy) is 2. The number of rotatable bonds is 12. The molecule has 0 amide bonds. The molecule has 26 heavy (non-hydrogen) atoms. The third kappa shape index (κ3) is 7.70. The van der Waals surface area contributed by atoms with Gasteiger partial charge in [0.15, 0.2) is 0 Å². The maximum atomic E-state index is 12.1. The molecule has 4 heteroatoms. The van der Waals surface area contributed by atoms with E-state index < -0.39 is 0 Å². The summed E-state index contributed by atoms with van der Waals surface area (Å²) in [6.07, 6.45) is 6.49. The number of carbonyl (C=O) groups excluding carboxylic acids is 1. The van der Waals surface area contributed by atoms with Crippen molar-refractivity contribution in [2.24, 2.45) is 0 Å². The van der Waals surface area contributed by atoms with Crippen molar-refractivity contribution in [2.45, 2.75) is 45.1 Å². The van der Waals surface area contributed by atoms with Gasteiger partial charge in [-0.25, -0.2) is 4.79 Å². The maximum absolute atomic E-state index is 12.1. The molecule has 0 atom stereocenters. The molecule has 1 N–H and O–H groups in total. The van der Waals surface area contributed by atoms with Crippen molar-refractivity contribution >= 4 is 5.97 Å². The minimum absolute atomic E-state index is 0.274. The smallest absolute Gasteiger partial charge is 0.338 e. The second-order valence-electron chi connectivity index (χ2n) is 6.28. The van der Waals surface area contributed by atoms with Crippen LogP contribution in [0.5, 0.6) is 5.75 Å². The van der Waals surface area contributed by atoms with Crippen LogP contribution in [0.2, 0.25) is 0 Å². The molecule has 0 spiro atoms. The van der Waals surface area contributed by atoms with Crippen LogP contribution < -0.4 is 4.74 Å². The molecular weight excluding hydrogens is 328 g/mol. The fourth-order valence-corrected chi connectivity index (χ4v) is 2.60. The normalized spacial score (nSPS) is 10.5. The Morgan fingerprint density at radius 1 is 0.808 bits per heavy atom. The molecule has 2 rings (SSSR count). The average molecular weight is 356 g/mol. The van der Waals surface area contributed by atoms with Gasteiger partial charge in [0.2, 0.25) is 0 Å². The first kappa shape index (κ1) is 20.0. The molecule has 0 saturated heterocycles. The summed E-state index contributed by atoms with van der Waals surface area (Å²) < 4.78 is 11.0. The highest BCUT2D eigenvalue weighted by Crippen LogP contribution is 2.15. The van der Waals surface area contributed by atoms with Crippen LogP contribution in [-0.4, -0.2) is 24.3 Å². The predicted molar refractivity (Wildman–Crippen MR) is 102 cm³/mol. The van der Waals surface area contributed by atoms with Crippen LogP contribution >= 0.6 is 0 Å². The van der Waals surface area contributed by atoms with E-state index in [1.165, 1.54) is 12.8 Å². The zero-order valence-corrected chi connectivity index (χ0v) is 15.2. The van der Waals surface area contributed by atoms with E-state index in [4.69, 9.17) is 14.6 Å². The molecule has 0 saturated carbocycles. The Bertz CT molecular complexity index is 622. The van der Waals surface area contributed by atoms with Crippen LogP contribution in [0.3, 0.4) is 0 Å². The molecule has 0 aliphatic rings. The van der Waals surface area contributed by atoms with Crippen molar-refractivity contribution in [2.75, 3.05) is 13.2 Å². The molecule has 0 aliphatic carbocycles. The topological polar surface area (TPSA) is 55.8 Å². The monoisotopic (exact) mass is 356 g/mol. The summed E-state index contributed by atoms with van der Waals surface area (Å²) in [5, 5.41) is 8.72. The number of carbonyl (C=O) groups is 1. The first-order valence-corrected chi connectivity index (χ1v) is 9.34.